The van der Waals surface area contributed by atoms with Gasteiger partial charge < -0.3 is 9.88 Å². The fourth-order valence-electron chi connectivity index (χ4n) is 3.67. The highest BCUT2D eigenvalue weighted by molar-refractivity contribution is 7.89. The zero-order valence-corrected chi connectivity index (χ0v) is 17.5. The molecule has 1 aliphatic heterocycles. The molecule has 0 aliphatic carbocycles. The largest absolute Gasteiger partial charge is 0.337 e. The summed E-state index contributed by atoms with van der Waals surface area (Å²) in [5, 5.41) is 0.777. The van der Waals surface area contributed by atoms with E-state index in [2.05, 4.69) is 4.98 Å². The number of aryl methyl sites for hydroxylation is 1. The first-order valence-corrected chi connectivity index (χ1v) is 11.3. The van der Waals surface area contributed by atoms with Crippen molar-refractivity contribution < 1.29 is 13.2 Å². The molecule has 1 N–H and O–H groups in total. The van der Waals surface area contributed by atoms with Crippen molar-refractivity contribution in [3.8, 4) is 0 Å². The number of aromatic nitrogens is 1. The highest BCUT2D eigenvalue weighted by atomic mass is 32.2. The van der Waals surface area contributed by atoms with Gasteiger partial charge in [0.2, 0.25) is 10.0 Å². The molecule has 0 unspecified atom stereocenters. The predicted molar refractivity (Wildman–Crippen MR) is 115 cm³/mol. The van der Waals surface area contributed by atoms with Gasteiger partial charge in [-0.15, -0.1) is 0 Å². The number of amides is 1. The van der Waals surface area contributed by atoms with Gasteiger partial charge in [0, 0.05) is 31.7 Å². The zero-order chi connectivity index (χ0) is 21.3. The van der Waals surface area contributed by atoms with Crippen LogP contribution < -0.4 is 5.56 Å². The van der Waals surface area contributed by atoms with E-state index in [0.29, 0.717) is 25.0 Å². The van der Waals surface area contributed by atoms with Crippen LogP contribution in [0.4, 0.5) is 0 Å². The number of carbonyl (C=O) groups is 1. The number of nitrogens with zero attached hydrogens (tertiary/aromatic N) is 2. The van der Waals surface area contributed by atoms with Gasteiger partial charge in [-0.2, -0.15) is 4.31 Å². The standard InChI is InChI=1S/C22H23N3O4S/c1-16-7-9-18(10-8-16)30(28,29)25-12-4-11-24(13-14-25)22(27)19-15-17-5-2-3-6-20(17)23-21(19)26/h2-3,5-10,15H,4,11-14H2,1H3,(H,23,26). The molecule has 1 amide bonds. The van der Waals surface area contributed by atoms with E-state index in [0.717, 1.165) is 10.9 Å². The third-order valence-corrected chi connectivity index (χ3v) is 7.30. The molecule has 1 aliphatic rings. The lowest BCUT2D eigenvalue weighted by molar-refractivity contribution is 0.0762. The second-order valence-corrected chi connectivity index (χ2v) is 9.40. The highest BCUT2D eigenvalue weighted by Crippen LogP contribution is 2.19. The Kier molecular flexibility index (Phi) is 5.44. The Morgan fingerprint density at radius 2 is 1.70 bits per heavy atom. The van der Waals surface area contributed by atoms with Crippen LogP contribution >= 0.6 is 0 Å². The number of pyridine rings is 1. The van der Waals surface area contributed by atoms with Crippen molar-refractivity contribution >= 4 is 26.8 Å². The number of hydrogen-bond donors (Lipinski definition) is 1. The second-order valence-electron chi connectivity index (χ2n) is 7.46. The molecule has 7 nitrogen and oxygen atoms in total. The number of fused-ring (bicyclic) bond motifs is 1. The average Bonchev–Trinajstić information content (AvgIpc) is 3.00. The zero-order valence-electron chi connectivity index (χ0n) is 16.7. The lowest BCUT2D eigenvalue weighted by Crippen LogP contribution is -2.39. The molecule has 1 saturated heterocycles. The van der Waals surface area contributed by atoms with Crippen LogP contribution in [0.5, 0.6) is 0 Å². The van der Waals surface area contributed by atoms with Crippen LogP contribution in [0.2, 0.25) is 0 Å². The molecule has 8 heteroatoms. The summed E-state index contributed by atoms with van der Waals surface area (Å²) in [6.07, 6.45) is 0.502. The maximum absolute atomic E-state index is 13.0. The van der Waals surface area contributed by atoms with Gasteiger partial charge in [-0.25, -0.2) is 8.42 Å². The summed E-state index contributed by atoms with van der Waals surface area (Å²) >= 11 is 0. The van der Waals surface area contributed by atoms with Crippen molar-refractivity contribution in [2.45, 2.75) is 18.2 Å². The van der Waals surface area contributed by atoms with Crippen molar-refractivity contribution in [2.75, 3.05) is 26.2 Å². The summed E-state index contributed by atoms with van der Waals surface area (Å²) < 4.78 is 27.3. The summed E-state index contributed by atoms with van der Waals surface area (Å²) in [5.41, 5.74) is 1.29. The Labute approximate surface area is 175 Å². The smallest absolute Gasteiger partial charge is 0.261 e. The third kappa shape index (κ3) is 3.88. The molecule has 1 aromatic heterocycles. The molecule has 3 aromatic rings. The van der Waals surface area contributed by atoms with Crippen molar-refractivity contribution in [1.29, 1.82) is 0 Å². The first-order valence-electron chi connectivity index (χ1n) is 9.84. The third-order valence-electron chi connectivity index (χ3n) is 5.38. The lowest BCUT2D eigenvalue weighted by atomic mass is 10.1. The normalized spacial score (nSPS) is 15.8. The van der Waals surface area contributed by atoms with Gasteiger partial charge in [-0.05, 0) is 43.0 Å². The van der Waals surface area contributed by atoms with E-state index in [9.17, 15) is 18.0 Å². The molecule has 0 saturated carbocycles. The van der Waals surface area contributed by atoms with Crippen LogP contribution in [0, 0.1) is 6.92 Å². The number of rotatable bonds is 3. The summed E-state index contributed by atoms with van der Waals surface area (Å²) in [6.45, 7) is 3.04. The molecule has 2 aromatic carbocycles. The maximum Gasteiger partial charge on any atom is 0.261 e. The van der Waals surface area contributed by atoms with Crippen LogP contribution in [0.25, 0.3) is 10.9 Å². The van der Waals surface area contributed by atoms with Crippen LogP contribution in [-0.2, 0) is 10.0 Å². The average molecular weight is 426 g/mol. The molecule has 156 valence electrons. The summed E-state index contributed by atoms with van der Waals surface area (Å²) in [5.74, 6) is -0.378. The number of sulfonamides is 1. The van der Waals surface area contributed by atoms with Crippen molar-refractivity contribution in [3.05, 3.63) is 76.1 Å². The van der Waals surface area contributed by atoms with Gasteiger partial charge in [0.25, 0.3) is 11.5 Å². The number of nitrogens with one attached hydrogen (secondary N) is 1. The van der Waals surface area contributed by atoms with Crippen molar-refractivity contribution in [2.24, 2.45) is 0 Å². The van der Waals surface area contributed by atoms with Gasteiger partial charge >= 0.3 is 0 Å². The minimum absolute atomic E-state index is 0.0727. The number of H-pyrrole nitrogens is 1. The van der Waals surface area contributed by atoms with E-state index in [1.54, 1.807) is 41.3 Å². The minimum atomic E-state index is -3.63. The molecule has 1 fully saturated rings. The van der Waals surface area contributed by atoms with Crippen LogP contribution in [-0.4, -0.2) is 54.7 Å². The summed E-state index contributed by atoms with van der Waals surface area (Å²) in [4.78, 5) is 30.0. The molecule has 4 rings (SSSR count). The Hall–Kier alpha value is -2.97. The van der Waals surface area contributed by atoms with E-state index in [-0.39, 0.29) is 29.5 Å². The first kappa shape index (κ1) is 20.3. The van der Waals surface area contributed by atoms with E-state index in [1.807, 2.05) is 25.1 Å². The highest BCUT2D eigenvalue weighted by Gasteiger charge is 2.29. The van der Waals surface area contributed by atoms with E-state index >= 15 is 0 Å². The fraction of sp³-hybridized carbons (Fsp3) is 0.273. The molecule has 2 heterocycles. The van der Waals surface area contributed by atoms with E-state index in [4.69, 9.17) is 0 Å². The molecule has 0 atom stereocenters. The van der Waals surface area contributed by atoms with Gasteiger partial charge in [0.05, 0.1) is 4.90 Å². The Bertz CT molecular complexity index is 1250. The second kappa shape index (κ2) is 8.04. The van der Waals surface area contributed by atoms with Gasteiger partial charge in [0.15, 0.2) is 0 Å². The summed E-state index contributed by atoms with van der Waals surface area (Å²) in [6, 6.07) is 15.6. The van der Waals surface area contributed by atoms with Crippen molar-refractivity contribution in [1.82, 2.24) is 14.2 Å². The quantitative estimate of drug-likeness (QED) is 0.698. The fourth-order valence-corrected chi connectivity index (χ4v) is 5.14. The Morgan fingerprint density at radius 1 is 0.967 bits per heavy atom. The number of aromatic amines is 1. The van der Waals surface area contributed by atoms with Gasteiger partial charge in [-0.3, -0.25) is 9.59 Å². The molecule has 0 bridgehead atoms. The van der Waals surface area contributed by atoms with Gasteiger partial charge in [0.1, 0.15) is 5.56 Å². The molecule has 0 radical (unpaired) electrons. The van der Waals surface area contributed by atoms with E-state index in [1.165, 1.54) is 4.31 Å². The Balaban J connectivity index is 1.54. The molecular formula is C22H23N3O4S. The topological polar surface area (TPSA) is 90.6 Å². The SMILES string of the molecule is Cc1ccc(S(=O)(=O)N2CCCN(C(=O)c3cc4ccccc4[nH]c3=O)CC2)cc1. The van der Waals surface area contributed by atoms with Crippen LogP contribution in [0.15, 0.2) is 64.3 Å². The number of para-hydroxylation sites is 1. The Morgan fingerprint density at radius 3 is 2.47 bits per heavy atom. The van der Waals surface area contributed by atoms with Crippen LogP contribution in [0.1, 0.15) is 22.3 Å². The number of benzene rings is 2. The minimum Gasteiger partial charge on any atom is -0.337 e. The first-order chi connectivity index (χ1) is 14.4. The maximum atomic E-state index is 13.0. The van der Waals surface area contributed by atoms with Crippen molar-refractivity contribution in [3.63, 3.8) is 0 Å². The molecular weight excluding hydrogens is 402 g/mol. The predicted octanol–water partition coefficient (Wildman–Crippen LogP) is 2.37. The number of hydrogen-bond acceptors (Lipinski definition) is 4. The molecule has 0 spiro atoms. The monoisotopic (exact) mass is 425 g/mol. The lowest BCUT2D eigenvalue weighted by Gasteiger charge is -2.22. The number of carbonyl (C=O) groups excluding carboxylic acids is 1. The van der Waals surface area contributed by atoms with E-state index < -0.39 is 15.6 Å². The summed E-state index contributed by atoms with van der Waals surface area (Å²) in [7, 11) is -3.63. The molecule has 30 heavy (non-hydrogen) atoms. The van der Waals surface area contributed by atoms with Gasteiger partial charge in [-0.1, -0.05) is 35.9 Å². The van der Waals surface area contributed by atoms with Crippen LogP contribution in [0.3, 0.4) is 0 Å².